The van der Waals surface area contributed by atoms with Crippen molar-refractivity contribution in [2.24, 2.45) is 0 Å². The summed E-state index contributed by atoms with van der Waals surface area (Å²) in [4.78, 5) is 14.5. The van der Waals surface area contributed by atoms with E-state index in [2.05, 4.69) is 19.9 Å². The highest BCUT2D eigenvalue weighted by Gasteiger charge is 2.23. The number of nitrogens with one attached hydrogen (secondary N) is 1. The Balaban J connectivity index is 2.63. The number of hydrogen-bond acceptors (Lipinski definition) is 3. The molecule has 0 spiro atoms. The lowest BCUT2D eigenvalue weighted by atomic mass is 10.2. The first-order chi connectivity index (χ1) is 6.07. The first-order valence-electron chi connectivity index (χ1n) is 3.92. The molecular weight excluding hydrogens is 171 g/mol. The second-order valence-corrected chi connectivity index (χ2v) is 3.32. The highest BCUT2D eigenvalue weighted by molar-refractivity contribution is 5.68. The number of imidazole rings is 1. The first-order valence-corrected chi connectivity index (χ1v) is 3.92. The Morgan fingerprint density at radius 3 is 2.85 bits per heavy atom. The van der Waals surface area contributed by atoms with Crippen molar-refractivity contribution in [3.05, 3.63) is 18.3 Å². The number of H-pyrrole nitrogens is 1. The SMILES string of the molecule is CC(C)(F)c1nc2ncncc2[nH]1. The molecule has 0 bridgehead atoms. The van der Waals surface area contributed by atoms with Crippen LogP contribution in [0.25, 0.3) is 11.2 Å². The Kier molecular flexibility index (Phi) is 1.55. The third-order valence-electron chi connectivity index (χ3n) is 1.73. The van der Waals surface area contributed by atoms with E-state index in [0.29, 0.717) is 11.2 Å². The lowest BCUT2D eigenvalue weighted by Gasteiger charge is -2.08. The van der Waals surface area contributed by atoms with E-state index in [-0.39, 0.29) is 5.82 Å². The van der Waals surface area contributed by atoms with Gasteiger partial charge in [0.25, 0.3) is 0 Å². The second-order valence-electron chi connectivity index (χ2n) is 3.32. The van der Waals surface area contributed by atoms with Gasteiger partial charge >= 0.3 is 0 Å². The third-order valence-corrected chi connectivity index (χ3v) is 1.73. The molecule has 0 aliphatic rings. The molecule has 2 aromatic heterocycles. The van der Waals surface area contributed by atoms with Gasteiger partial charge in [0.1, 0.15) is 17.7 Å². The third kappa shape index (κ3) is 1.37. The van der Waals surface area contributed by atoms with Crippen LogP contribution >= 0.6 is 0 Å². The average Bonchev–Trinajstić information content (AvgIpc) is 2.45. The zero-order valence-electron chi connectivity index (χ0n) is 7.37. The van der Waals surface area contributed by atoms with Crippen molar-refractivity contribution in [1.82, 2.24) is 19.9 Å². The summed E-state index contributed by atoms with van der Waals surface area (Å²) in [5, 5.41) is 0. The highest BCUT2D eigenvalue weighted by Crippen LogP contribution is 2.22. The molecule has 4 nitrogen and oxygen atoms in total. The number of halogens is 1. The second kappa shape index (κ2) is 2.48. The van der Waals surface area contributed by atoms with Crippen molar-refractivity contribution < 1.29 is 4.39 Å². The Labute approximate surface area is 74.2 Å². The van der Waals surface area contributed by atoms with Crippen LogP contribution in [-0.4, -0.2) is 19.9 Å². The zero-order valence-corrected chi connectivity index (χ0v) is 7.37. The van der Waals surface area contributed by atoms with Gasteiger partial charge in [0.05, 0.1) is 6.20 Å². The maximum Gasteiger partial charge on any atom is 0.180 e. The fourth-order valence-electron chi connectivity index (χ4n) is 1.04. The van der Waals surface area contributed by atoms with Crippen molar-refractivity contribution in [3.63, 3.8) is 0 Å². The molecule has 0 saturated heterocycles. The molecule has 0 amide bonds. The fraction of sp³-hybridized carbons (Fsp3) is 0.375. The summed E-state index contributed by atoms with van der Waals surface area (Å²) < 4.78 is 13.4. The van der Waals surface area contributed by atoms with Gasteiger partial charge in [0.2, 0.25) is 0 Å². The predicted octanol–water partition coefficient (Wildman–Crippen LogP) is 1.56. The zero-order chi connectivity index (χ0) is 9.47. The Morgan fingerprint density at radius 2 is 2.23 bits per heavy atom. The summed E-state index contributed by atoms with van der Waals surface area (Å²) in [6.07, 6.45) is 2.96. The molecule has 0 aromatic carbocycles. The molecule has 1 N–H and O–H groups in total. The Hall–Kier alpha value is -1.52. The summed E-state index contributed by atoms with van der Waals surface area (Å²) in [7, 11) is 0. The summed E-state index contributed by atoms with van der Waals surface area (Å²) in [6.45, 7) is 2.89. The van der Waals surface area contributed by atoms with Crippen molar-refractivity contribution >= 4 is 11.2 Å². The molecule has 0 saturated carbocycles. The molecule has 13 heavy (non-hydrogen) atoms. The maximum absolute atomic E-state index is 13.4. The van der Waals surface area contributed by atoms with Crippen molar-refractivity contribution in [2.45, 2.75) is 19.5 Å². The molecule has 0 unspecified atom stereocenters. The van der Waals surface area contributed by atoms with Gasteiger partial charge in [-0.3, -0.25) is 0 Å². The molecule has 0 aliphatic carbocycles. The van der Waals surface area contributed by atoms with Crippen molar-refractivity contribution in [3.8, 4) is 0 Å². The molecular formula is C8H9FN4. The standard InChI is InChI=1S/C8H9FN4/c1-8(2,9)7-12-5-3-10-4-11-6(5)13-7/h3-4H,1-2H3,(H,10,11,12,13). The number of fused-ring (bicyclic) bond motifs is 1. The van der Waals surface area contributed by atoms with E-state index in [1.807, 2.05) is 0 Å². The van der Waals surface area contributed by atoms with Crippen LogP contribution in [0.3, 0.4) is 0 Å². The molecule has 0 atom stereocenters. The van der Waals surface area contributed by atoms with E-state index in [1.165, 1.54) is 20.2 Å². The first kappa shape index (κ1) is 8.10. The molecule has 0 aliphatic heterocycles. The summed E-state index contributed by atoms with van der Waals surface area (Å²) in [5.74, 6) is 0.281. The van der Waals surface area contributed by atoms with Crippen LogP contribution < -0.4 is 0 Å². The minimum absolute atomic E-state index is 0.281. The van der Waals surface area contributed by atoms with Gasteiger partial charge in [-0.2, -0.15) is 0 Å². The van der Waals surface area contributed by atoms with E-state index in [4.69, 9.17) is 0 Å². The van der Waals surface area contributed by atoms with Crippen LogP contribution in [0.1, 0.15) is 19.7 Å². The minimum atomic E-state index is -1.47. The van der Waals surface area contributed by atoms with Gasteiger partial charge in [-0.1, -0.05) is 0 Å². The van der Waals surface area contributed by atoms with Crippen LogP contribution in [-0.2, 0) is 5.67 Å². The normalized spacial score (nSPS) is 12.2. The smallest absolute Gasteiger partial charge is 0.180 e. The minimum Gasteiger partial charge on any atom is -0.337 e. The number of rotatable bonds is 1. The molecule has 0 fully saturated rings. The van der Waals surface area contributed by atoms with E-state index in [1.54, 1.807) is 6.20 Å². The van der Waals surface area contributed by atoms with Crippen LogP contribution in [0.15, 0.2) is 12.5 Å². The van der Waals surface area contributed by atoms with Gasteiger partial charge in [-0.25, -0.2) is 19.3 Å². The topological polar surface area (TPSA) is 54.5 Å². The van der Waals surface area contributed by atoms with Crippen LogP contribution in [0.5, 0.6) is 0 Å². The molecule has 5 heteroatoms. The maximum atomic E-state index is 13.4. The summed E-state index contributed by atoms with van der Waals surface area (Å²) >= 11 is 0. The van der Waals surface area contributed by atoms with Gasteiger partial charge in [-0.15, -0.1) is 0 Å². The number of alkyl halides is 1. The van der Waals surface area contributed by atoms with Gasteiger partial charge < -0.3 is 4.98 Å². The highest BCUT2D eigenvalue weighted by atomic mass is 19.1. The molecule has 68 valence electrons. The average molecular weight is 180 g/mol. The monoisotopic (exact) mass is 180 g/mol. The van der Waals surface area contributed by atoms with Crippen molar-refractivity contribution in [2.75, 3.05) is 0 Å². The number of aromatic nitrogens is 4. The Bertz CT molecular complexity index is 396. The number of hydrogen-bond donors (Lipinski definition) is 1. The number of nitrogens with zero attached hydrogens (tertiary/aromatic N) is 3. The van der Waals surface area contributed by atoms with Crippen LogP contribution in [0.4, 0.5) is 4.39 Å². The van der Waals surface area contributed by atoms with E-state index in [0.717, 1.165) is 0 Å². The van der Waals surface area contributed by atoms with Gasteiger partial charge in [0.15, 0.2) is 11.3 Å². The lowest BCUT2D eigenvalue weighted by molar-refractivity contribution is 0.208. The molecule has 2 heterocycles. The summed E-state index contributed by atoms with van der Waals surface area (Å²) in [5.41, 5.74) is -0.320. The van der Waals surface area contributed by atoms with E-state index < -0.39 is 5.67 Å². The Morgan fingerprint density at radius 1 is 1.46 bits per heavy atom. The molecule has 0 radical (unpaired) electrons. The fourth-order valence-corrected chi connectivity index (χ4v) is 1.04. The van der Waals surface area contributed by atoms with Crippen LogP contribution in [0.2, 0.25) is 0 Å². The quantitative estimate of drug-likeness (QED) is 0.724. The number of aromatic amines is 1. The molecule has 2 rings (SSSR count). The lowest BCUT2D eigenvalue weighted by Crippen LogP contribution is -2.10. The van der Waals surface area contributed by atoms with Crippen LogP contribution in [0, 0.1) is 0 Å². The van der Waals surface area contributed by atoms with Gasteiger partial charge in [-0.05, 0) is 13.8 Å². The predicted molar refractivity (Wildman–Crippen MR) is 45.8 cm³/mol. The molecule has 2 aromatic rings. The summed E-state index contributed by atoms with van der Waals surface area (Å²) in [6, 6.07) is 0. The largest absolute Gasteiger partial charge is 0.337 e. The van der Waals surface area contributed by atoms with E-state index in [9.17, 15) is 4.39 Å². The van der Waals surface area contributed by atoms with E-state index >= 15 is 0 Å². The van der Waals surface area contributed by atoms with Crippen molar-refractivity contribution in [1.29, 1.82) is 0 Å². The van der Waals surface area contributed by atoms with Gasteiger partial charge in [0, 0.05) is 0 Å².